The van der Waals surface area contributed by atoms with E-state index in [9.17, 15) is 4.79 Å². The first-order valence-corrected chi connectivity index (χ1v) is 15.0. The average Bonchev–Trinajstić information content (AvgIpc) is 2.89. The Labute approximate surface area is 174 Å². The molecular weight excluding hydrogens is 360 g/mol. The zero-order chi connectivity index (χ0) is 20.5. The first kappa shape index (κ1) is 21.1. The van der Waals surface area contributed by atoms with E-state index < -0.39 is 8.32 Å². The Morgan fingerprint density at radius 2 is 1.68 bits per heavy atom. The summed E-state index contributed by atoms with van der Waals surface area (Å²) in [6.07, 6.45) is 11.6. The van der Waals surface area contributed by atoms with Gasteiger partial charge < -0.3 is 4.43 Å². The van der Waals surface area contributed by atoms with Crippen LogP contribution in [0.4, 0.5) is 0 Å². The minimum Gasteiger partial charge on any atom is -0.414 e. The van der Waals surface area contributed by atoms with Crippen molar-refractivity contribution in [1.29, 1.82) is 0 Å². The van der Waals surface area contributed by atoms with Crippen LogP contribution in [0, 0.1) is 34.5 Å². The van der Waals surface area contributed by atoms with E-state index in [1.165, 1.54) is 44.9 Å². The van der Waals surface area contributed by atoms with Crippen molar-refractivity contribution in [3.63, 3.8) is 0 Å². The van der Waals surface area contributed by atoms with Crippen molar-refractivity contribution in [1.82, 2.24) is 0 Å². The van der Waals surface area contributed by atoms with E-state index in [4.69, 9.17) is 4.43 Å². The summed E-state index contributed by atoms with van der Waals surface area (Å²) in [5, 5.41) is 0.300. The molecule has 4 fully saturated rings. The van der Waals surface area contributed by atoms with Gasteiger partial charge in [-0.05, 0) is 98.6 Å². The third-order valence-corrected chi connectivity index (χ3v) is 15.1. The molecule has 0 saturated heterocycles. The summed E-state index contributed by atoms with van der Waals surface area (Å²) in [6, 6.07) is 0. The van der Waals surface area contributed by atoms with Crippen molar-refractivity contribution in [3.8, 4) is 0 Å². The lowest BCUT2D eigenvalue weighted by Crippen LogP contribution is -2.55. The Morgan fingerprint density at radius 1 is 0.964 bits per heavy atom. The van der Waals surface area contributed by atoms with Crippen LogP contribution in [0.25, 0.3) is 0 Å². The summed E-state index contributed by atoms with van der Waals surface area (Å²) in [4.78, 5) is 12.6. The maximum absolute atomic E-state index is 12.6. The molecular formula is C25H44O2Si. The molecule has 3 heteroatoms. The Kier molecular flexibility index (Phi) is 5.03. The monoisotopic (exact) mass is 404 g/mol. The van der Waals surface area contributed by atoms with Gasteiger partial charge in [0.2, 0.25) is 0 Å². The fraction of sp³-hybridized carbons (Fsp3) is 0.960. The van der Waals surface area contributed by atoms with Gasteiger partial charge in [0.15, 0.2) is 8.32 Å². The SMILES string of the molecule is CC12CCC3C(CC[C@H]4C[C@H](O[Si](C)(C)C(C)(C)C)CCC34C)C1CCC2=O. The number of rotatable bonds is 2. The van der Waals surface area contributed by atoms with Crippen LogP contribution in [0.2, 0.25) is 18.1 Å². The molecule has 0 aromatic carbocycles. The van der Waals surface area contributed by atoms with Crippen LogP contribution >= 0.6 is 0 Å². The second-order valence-corrected chi connectivity index (χ2v) is 17.6. The Hall–Kier alpha value is -0.153. The molecule has 0 bridgehead atoms. The van der Waals surface area contributed by atoms with E-state index in [0.717, 1.165) is 30.6 Å². The molecule has 160 valence electrons. The average molecular weight is 405 g/mol. The molecule has 0 aromatic heterocycles. The van der Waals surface area contributed by atoms with Gasteiger partial charge >= 0.3 is 0 Å². The van der Waals surface area contributed by atoms with Crippen LogP contribution in [0.5, 0.6) is 0 Å². The summed E-state index contributed by atoms with van der Waals surface area (Å²) in [7, 11) is -1.68. The smallest absolute Gasteiger partial charge is 0.192 e. The maximum Gasteiger partial charge on any atom is 0.192 e. The van der Waals surface area contributed by atoms with Crippen LogP contribution in [-0.2, 0) is 9.22 Å². The van der Waals surface area contributed by atoms with Gasteiger partial charge in [-0.3, -0.25) is 4.79 Å². The molecule has 2 nitrogen and oxygen atoms in total. The zero-order valence-electron chi connectivity index (χ0n) is 19.6. The third kappa shape index (κ3) is 3.09. The molecule has 4 aliphatic rings. The minimum absolute atomic E-state index is 0.0208. The summed E-state index contributed by atoms with van der Waals surface area (Å²) >= 11 is 0. The van der Waals surface area contributed by atoms with E-state index in [-0.39, 0.29) is 5.41 Å². The van der Waals surface area contributed by atoms with Crippen molar-refractivity contribution in [2.45, 2.75) is 117 Å². The first-order valence-electron chi connectivity index (χ1n) is 12.1. The van der Waals surface area contributed by atoms with Crippen LogP contribution in [0.1, 0.15) is 92.4 Å². The quantitative estimate of drug-likeness (QED) is 0.464. The molecule has 7 atom stereocenters. The van der Waals surface area contributed by atoms with Gasteiger partial charge in [-0.1, -0.05) is 34.6 Å². The van der Waals surface area contributed by atoms with Gasteiger partial charge in [-0.2, -0.15) is 0 Å². The van der Waals surface area contributed by atoms with E-state index in [1.54, 1.807) is 0 Å². The van der Waals surface area contributed by atoms with Crippen molar-refractivity contribution in [2.75, 3.05) is 0 Å². The molecule has 4 aliphatic carbocycles. The Morgan fingerprint density at radius 3 is 2.36 bits per heavy atom. The number of hydrogen-bond donors (Lipinski definition) is 0. The van der Waals surface area contributed by atoms with E-state index >= 15 is 0 Å². The first-order chi connectivity index (χ1) is 12.9. The third-order valence-electron chi connectivity index (χ3n) is 10.6. The van der Waals surface area contributed by atoms with Crippen molar-refractivity contribution in [3.05, 3.63) is 0 Å². The predicted octanol–water partition coefficient (Wildman–Crippen LogP) is 6.99. The second-order valence-electron chi connectivity index (χ2n) is 12.8. The molecule has 5 unspecified atom stereocenters. The molecule has 28 heavy (non-hydrogen) atoms. The van der Waals surface area contributed by atoms with Crippen LogP contribution in [-0.4, -0.2) is 20.2 Å². The highest BCUT2D eigenvalue weighted by molar-refractivity contribution is 6.74. The van der Waals surface area contributed by atoms with Gasteiger partial charge in [0, 0.05) is 17.9 Å². The van der Waals surface area contributed by atoms with Crippen LogP contribution in [0.3, 0.4) is 0 Å². The van der Waals surface area contributed by atoms with E-state index in [0.29, 0.717) is 28.3 Å². The highest BCUT2D eigenvalue weighted by Gasteiger charge is 2.60. The highest BCUT2D eigenvalue weighted by atomic mass is 28.4. The van der Waals surface area contributed by atoms with Crippen LogP contribution < -0.4 is 0 Å². The number of fused-ring (bicyclic) bond motifs is 5. The lowest BCUT2D eigenvalue weighted by atomic mass is 9.45. The fourth-order valence-corrected chi connectivity index (χ4v) is 9.09. The standard InChI is InChI=1S/C25H44O2Si/c1-23(2,3)28(6,7)27-18-12-14-24(4)17(16-18)8-9-19-20-10-11-22(26)25(20,5)15-13-21(19)24/h17-21H,8-16H2,1-7H3/t17-,18+,19?,20?,21?,24?,25?/m0/s1. The van der Waals surface area contributed by atoms with Crippen molar-refractivity contribution < 1.29 is 9.22 Å². The van der Waals surface area contributed by atoms with Gasteiger partial charge in [0.1, 0.15) is 5.78 Å². The minimum atomic E-state index is -1.68. The van der Waals surface area contributed by atoms with Crippen LogP contribution in [0.15, 0.2) is 0 Å². The zero-order valence-corrected chi connectivity index (χ0v) is 20.6. The molecule has 4 saturated carbocycles. The van der Waals surface area contributed by atoms with Crippen molar-refractivity contribution >= 4 is 14.1 Å². The molecule has 0 spiro atoms. The molecule has 0 radical (unpaired) electrons. The lowest BCUT2D eigenvalue weighted by molar-refractivity contribution is -0.141. The van der Waals surface area contributed by atoms with Gasteiger partial charge in [0.25, 0.3) is 0 Å². The molecule has 0 aromatic rings. The molecule has 0 amide bonds. The molecule has 0 N–H and O–H groups in total. The maximum atomic E-state index is 12.6. The number of ketones is 1. The molecule has 0 heterocycles. The highest BCUT2D eigenvalue weighted by Crippen LogP contribution is 2.65. The number of carbonyl (C=O) groups excluding carboxylic acids is 1. The normalized spacial score (nSPS) is 46.7. The van der Waals surface area contributed by atoms with Gasteiger partial charge in [-0.25, -0.2) is 0 Å². The summed E-state index contributed by atoms with van der Waals surface area (Å²) in [5.74, 6) is 3.75. The largest absolute Gasteiger partial charge is 0.414 e. The molecule has 0 aliphatic heterocycles. The second kappa shape index (κ2) is 6.67. The fourth-order valence-electron chi connectivity index (χ4n) is 7.69. The Bertz CT molecular complexity index is 635. The molecule has 4 rings (SSSR count). The number of hydrogen-bond acceptors (Lipinski definition) is 2. The topological polar surface area (TPSA) is 26.3 Å². The summed E-state index contributed by atoms with van der Waals surface area (Å²) < 4.78 is 6.87. The van der Waals surface area contributed by atoms with E-state index in [2.05, 4.69) is 47.7 Å². The van der Waals surface area contributed by atoms with Gasteiger partial charge in [-0.15, -0.1) is 0 Å². The van der Waals surface area contributed by atoms with Gasteiger partial charge in [0.05, 0.1) is 0 Å². The Balaban J connectivity index is 1.48. The van der Waals surface area contributed by atoms with E-state index in [1.807, 2.05) is 0 Å². The number of carbonyl (C=O) groups is 1. The summed E-state index contributed by atoms with van der Waals surface area (Å²) in [5.41, 5.74) is 0.510. The predicted molar refractivity (Wildman–Crippen MR) is 119 cm³/mol. The lowest BCUT2D eigenvalue weighted by Gasteiger charge is -2.60. The number of Topliss-reactive ketones (excluding diaryl/α,β-unsaturated/α-hetero) is 1. The van der Waals surface area contributed by atoms with Crippen molar-refractivity contribution in [2.24, 2.45) is 34.5 Å². The summed E-state index contributed by atoms with van der Waals surface area (Å²) in [6.45, 7) is 16.8.